The van der Waals surface area contributed by atoms with Crippen molar-refractivity contribution in [2.24, 2.45) is 0 Å². The molecule has 24 heavy (non-hydrogen) atoms. The maximum absolute atomic E-state index is 12.6. The lowest BCUT2D eigenvalue weighted by Gasteiger charge is -2.07. The first kappa shape index (κ1) is 14.4. The molecule has 0 unspecified atom stereocenters. The molecule has 1 aromatic carbocycles. The van der Waals surface area contributed by atoms with E-state index in [2.05, 4.69) is 14.9 Å². The van der Waals surface area contributed by atoms with Gasteiger partial charge in [-0.05, 0) is 36.4 Å². The summed E-state index contributed by atoms with van der Waals surface area (Å²) in [5.41, 5.74) is 0.344. The van der Waals surface area contributed by atoms with Gasteiger partial charge in [-0.2, -0.15) is 0 Å². The third kappa shape index (κ3) is 2.40. The molecule has 4 aromatic rings. The lowest BCUT2D eigenvalue weighted by molar-refractivity contribution is 0.560. The van der Waals surface area contributed by atoms with E-state index < -0.39 is 15.6 Å². The summed E-state index contributed by atoms with van der Waals surface area (Å²) in [4.78, 5) is 11.2. The van der Waals surface area contributed by atoms with E-state index in [0.29, 0.717) is 16.6 Å². The van der Waals surface area contributed by atoms with E-state index in [1.807, 2.05) is 0 Å². The predicted molar refractivity (Wildman–Crippen MR) is 86.3 cm³/mol. The summed E-state index contributed by atoms with van der Waals surface area (Å²) in [6.45, 7) is 0. The standard InChI is InChI=1S/C15H10N4O4S/c20-14-7-4-10-9-11(5-6-12(10)23-14)24(21,22)18-15-17-16-13-3-1-2-8-19(13)15/h1-9H,(H,17,18). The molecule has 9 heteroatoms. The molecule has 1 N–H and O–H groups in total. The van der Waals surface area contributed by atoms with Crippen LogP contribution in [0, 0.1) is 0 Å². The molecule has 120 valence electrons. The zero-order chi connectivity index (χ0) is 16.7. The zero-order valence-corrected chi connectivity index (χ0v) is 12.9. The normalized spacial score (nSPS) is 11.8. The molecule has 0 bridgehead atoms. The molecule has 0 amide bonds. The molecule has 4 rings (SSSR count). The third-order valence-electron chi connectivity index (χ3n) is 3.44. The number of nitrogens with zero attached hydrogens (tertiary/aromatic N) is 3. The molecule has 0 saturated heterocycles. The van der Waals surface area contributed by atoms with Crippen LogP contribution in [0.2, 0.25) is 0 Å². The Hall–Kier alpha value is -3.20. The van der Waals surface area contributed by atoms with Crippen molar-refractivity contribution in [1.82, 2.24) is 14.6 Å². The molecule has 0 aliphatic rings. The molecule has 3 aromatic heterocycles. The first-order valence-corrected chi connectivity index (χ1v) is 8.38. The molecule has 0 saturated carbocycles. The van der Waals surface area contributed by atoms with Gasteiger partial charge < -0.3 is 4.42 Å². The average Bonchev–Trinajstić information content (AvgIpc) is 2.97. The molecular weight excluding hydrogens is 332 g/mol. The molecule has 0 aliphatic heterocycles. The largest absolute Gasteiger partial charge is 0.423 e. The van der Waals surface area contributed by atoms with Crippen LogP contribution in [0.15, 0.2) is 68.8 Å². The minimum atomic E-state index is -3.87. The van der Waals surface area contributed by atoms with Gasteiger partial charge in [0.2, 0.25) is 5.95 Å². The molecule has 8 nitrogen and oxygen atoms in total. The summed E-state index contributed by atoms with van der Waals surface area (Å²) in [6.07, 6.45) is 1.65. The summed E-state index contributed by atoms with van der Waals surface area (Å²) in [7, 11) is -3.87. The first-order chi connectivity index (χ1) is 11.5. The van der Waals surface area contributed by atoms with Gasteiger partial charge >= 0.3 is 5.63 Å². The van der Waals surface area contributed by atoms with Crippen molar-refractivity contribution in [1.29, 1.82) is 0 Å². The number of pyridine rings is 1. The number of benzene rings is 1. The number of aromatic nitrogens is 3. The fourth-order valence-electron chi connectivity index (χ4n) is 2.31. The van der Waals surface area contributed by atoms with Gasteiger partial charge in [0.15, 0.2) is 5.65 Å². The van der Waals surface area contributed by atoms with Crippen LogP contribution in [0.5, 0.6) is 0 Å². The van der Waals surface area contributed by atoms with E-state index in [1.165, 1.54) is 34.7 Å². The van der Waals surface area contributed by atoms with Gasteiger partial charge in [0, 0.05) is 17.6 Å². The van der Waals surface area contributed by atoms with Crippen LogP contribution < -0.4 is 10.3 Å². The van der Waals surface area contributed by atoms with E-state index in [4.69, 9.17) is 4.42 Å². The van der Waals surface area contributed by atoms with Crippen LogP contribution in [-0.2, 0) is 10.0 Å². The van der Waals surface area contributed by atoms with Crippen LogP contribution >= 0.6 is 0 Å². The third-order valence-corrected chi connectivity index (χ3v) is 4.77. The Labute approximate surface area is 135 Å². The summed E-state index contributed by atoms with van der Waals surface area (Å²) < 4.78 is 34.1. The number of nitrogens with one attached hydrogen (secondary N) is 1. The van der Waals surface area contributed by atoms with Crippen molar-refractivity contribution in [2.75, 3.05) is 4.72 Å². The Bertz CT molecular complexity index is 1230. The van der Waals surface area contributed by atoms with Crippen molar-refractivity contribution in [3.8, 4) is 0 Å². The molecule has 0 atom stereocenters. The van der Waals surface area contributed by atoms with Crippen LogP contribution in [-0.4, -0.2) is 23.0 Å². The van der Waals surface area contributed by atoms with Gasteiger partial charge in [-0.1, -0.05) is 6.07 Å². The molecule has 0 radical (unpaired) electrons. The minimum absolute atomic E-state index is 0.0246. The maximum Gasteiger partial charge on any atom is 0.336 e. The van der Waals surface area contributed by atoms with Crippen LogP contribution in [0.4, 0.5) is 5.95 Å². The van der Waals surface area contributed by atoms with E-state index in [1.54, 1.807) is 24.4 Å². The van der Waals surface area contributed by atoms with Gasteiger partial charge in [0.25, 0.3) is 10.0 Å². The maximum atomic E-state index is 12.6. The number of fused-ring (bicyclic) bond motifs is 2. The van der Waals surface area contributed by atoms with E-state index in [-0.39, 0.29) is 10.8 Å². The highest BCUT2D eigenvalue weighted by atomic mass is 32.2. The topological polar surface area (TPSA) is 107 Å². The second-order valence-corrected chi connectivity index (χ2v) is 6.69. The van der Waals surface area contributed by atoms with Gasteiger partial charge in [-0.15, -0.1) is 10.2 Å². The van der Waals surface area contributed by atoms with Crippen molar-refractivity contribution < 1.29 is 12.8 Å². The highest BCUT2D eigenvalue weighted by Crippen LogP contribution is 2.20. The zero-order valence-electron chi connectivity index (χ0n) is 12.1. The SMILES string of the molecule is O=c1ccc2cc(S(=O)(=O)Nc3nnc4ccccn34)ccc2o1. The number of rotatable bonds is 3. The van der Waals surface area contributed by atoms with Gasteiger partial charge in [0.1, 0.15) is 5.58 Å². The number of hydrogen-bond acceptors (Lipinski definition) is 6. The Balaban J connectivity index is 1.77. The van der Waals surface area contributed by atoms with E-state index >= 15 is 0 Å². The summed E-state index contributed by atoms with van der Waals surface area (Å²) in [6, 6.07) is 12.2. The van der Waals surface area contributed by atoms with Gasteiger partial charge in [-0.25, -0.2) is 17.9 Å². The highest BCUT2D eigenvalue weighted by molar-refractivity contribution is 7.92. The number of sulfonamides is 1. The predicted octanol–water partition coefficient (Wildman–Crippen LogP) is 1.64. The van der Waals surface area contributed by atoms with Crippen molar-refractivity contribution in [3.05, 3.63) is 65.1 Å². The average molecular weight is 342 g/mol. The lowest BCUT2D eigenvalue weighted by atomic mass is 10.2. The molecule has 0 spiro atoms. The molecule has 0 fully saturated rings. The Kier molecular flexibility index (Phi) is 3.10. The monoisotopic (exact) mass is 342 g/mol. The fourth-order valence-corrected chi connectivity index (χ4v) is 3.33. The fraction of sp³-hybridized carbons (Fsp3) is 0. The number of hydrogen-bond donors (Lipinski definition) is 1. The Morgan fingerprint density at radius 3 is 2.79 bits per heavy atom. The van der Waals surface area contributed by atoms with Gasteiger partial charge in [0.05, 0.1) is 4.90 Å². The van der Waals surface area contributed by atoms with Crippen LogP contribution in [0.3, 0.4) is 0 Å². The minimum Gasteiger partial charge on any atom is -0.423 e. The van der Waals surface area contributed by atoms with Gasteiger partial charge in [-0.3, -0.25) is 4.40 Å². The highest BCUT2D eigenvalue weighted by Gasteiger charge is 2.18. The van der Waals surface area contributed by atoms with Crippen molar-refractivity contribution >= 4 is 32.6 Å². The lowest BCUT2D eigenvalue weighted by Crippen LogP contribution is -2.15. The number of anilines is 1. The van der Waals surface area contributed by atoms with Crippen molar-refractivity contribution in [2.45, 2.75) is 4.90 Å². The quantitative estimate of drug-likeness (QED) is 0.567. The summed E-state index contributed by atoms with van der Waals surface area (Å²) in [5, 5.41) is 8.24. The smallest absolute Gasteiger partial charge is 0.336 e. The first-order valence-electron chi connectivity index (χ1n) is 6.89. The Morgan fingerprint density at radius 2 is 1.92 bits per heavy atom. The van der Waals surface area contributed by atoms with Crippen molar-refractivity contribution in [3.63, 3.8) is 0 Å². The second kappa shape index (κ2) is 5.17. The second-order valence-electron chi connectivity index (χ2n) is 5.01. The van der Waals surface area contributed by atoms with Crippen LogP contribution in [0.1, 0.15) is 0 Å². The van der Waals surface area contributed by atoms with Crippen LogP contribution in [0.25, 0.3) is 16.6 Å². The molecule has 0 aliphatic carbocycles. The molecule has 3 heterocycles. The van der Waals surface area contributed by atoms with E-state index in [9.17, 15) is 13.2 Å². The Morgan fingerprint density at radius 1 is 1.04 bits per heavy atom. The van der Waals surface area contributed by atoms with E-state index in [0.717, 1.165) is 0 Å². The summed E-state index contributed by atoms with van der Waals surface area (Å²) in [5.74, 6) is 0.0882. The molecular formula is C15H10N4O4S. The summed E-state index contributed by atoms with van der Waals surface area (Å²) >= 11 is 0.